The Bertz CT molecular complexity index is 65.1. The van der Waals surface area contributed by atoms with Crippen molar-refractivity contribution in [3.63, 3.8) is 0 Å². The first-order chi connectivity index (χ1) is 4.85. The molecule has 0 aliphatic carbocycles. The molecule has 0 aromatic carbocycles. The van der Waals surface area contributed by atoms with Gasteiger partial charge < -0.3 is 30.4 Å². The van der Waals surface area contributed by atoms with Crippen molar-refractivity contribution >= 4 is 7.32 Å². The van der Waals surface area contributed by atoms with Crippen LogP contribution < -0.4 is 0 Å². The fourth-order valence-electron chi connectivity index (χ4n) is 0.553. The van der Waals surface area contributed by atoms with Gasteiger partial charge in [-0.05, 0) is 20.8 Å². The Balaban J connectivity index is -0.0000000675. The van der Waals surface area contributed by atoms with Crippen LogP contribution >= 0.6 is 0 Å². The molecule has 6 nitrogen and oxygen atoms in total. The first-order valence-corrected chi connectivity index (χ1v) is 3.69. The third kappa shape index (κ3) is 18.2. The predicted molar refractivity (Wildman–Crippen MR) is 42.7 cm³/mol. The minimum atomic E-state index is -0.472. The van der Waals surface area contributed by atoms with Gasteiger partial charge >= 0.3 is 24.7 Å². The Morgan fingerprint density at radius 1 is 0.714 bits per heavy atom. The number of hydrogen-bond acceptors (Lipinski definition) is 3. The van der Waals surface area contributed by atoms with Crippen LogP contribution in [-0.2, 0) is 47.8 Å². The SMILES string of the molecule is CCOB(OCC)OCC.[Cr+6].[O-2].[O-2].[O-2]. The molecule has 0 spiro atoms. The third-order valence-corrected chi connectivity index (χ3v) is 0.908. The second-order valence-electron chi connectivity index (χ2n) is 1.65. The van der Waals surface area contributed by atoms with Crippen molar-refractivity contribution in [3.05, 3.63) is 0 Å². The summed E-state index contributed by atoms with van der Waals surface area (Å²) in [5, 5.41) is 0. The summed E-state index contributed by atoms with van der Waals surface area (Å²) >= 11 is 0. The Kier molecular flexibility index (Phi) is 48.7. The molecule has 8 heteroatoms. The standard InChI is InChI=1S/C6H15BO3.Cr.3O/c1-4-8-7(9-5-2)10-6-3;;;;/h4-6H2,1-3H3;;;;/q;+6;3*-2. The second kappa shape index (κ2) is 23.3. The van der Waals surface area contributed by atoms with Crippen LogP contribution in [0.3, 0.4) is 0 Å². The van der Waals surface area contributed by atoms with Gasteiger partial charge in [0.05, 0.1) is 0 Å². The van der Waals surface area contributed by atoms with Gasteiger partial charge in [-0.3, -0.25) is 0 Å². The summed E-state index contributed by atoms with van der Waals surface area (Å²) in [6.45, 7) is 7.57. The van der Waals surface area contributed by atoms with Gasteiger partial charge in [-0.25, -0.2) is 0 Å². The fraction of sp³-hybridized carbons (Fsp3) is 1.00. The van der Waals surface area contributed by atoms with Crippen LogP contribution in [0.5, 0.6) is 0 Å². The van der Waals surface area contributed by atoms with Crippen molar-refractivity contribution in [2.75, 3.05) is 19.8 Å². The van der Waals surface area contributed by atoms with Gasteiger partial charge in [-0.15, -0.1) is 0 Å². The van der Waals surface area contributed by atoms with Crippen LogP contribution in [0.2, 0.25) is 0 Å². The maximum Gasteiger partial charge on any atom is 6.00 e. The molecule has 0 aromatic rings. The summed E-state index contributed by atoms with van der Waals surface area (Å²) in [6, 6.07) is 0. The fourth-order valence-corrected chi connectivity index (χ4v) is 0.553. The van der Waals surface area contributed by atoms with Gasteiger partial charge in [0.15, 0.2) is 0 Å². The summed E-state index contributed by atoms with van der Waals surface area (Å²) in [7, 11) is -0.472. The summed E-state index contributed by atoms with van der Waals surface area (Å²) in [4.78, 5) is 0. The molecule has 84 valence electrons. The van der Waals surface area contributed by atoms with Gasteiger partial charge in [-0.2, -0.15) is 0 Å². The third-order valence-electron chi connectivity index (χ3n) is 0.908. The Labute approximate surface area is 96.1 Å². The average Bonchev–Trinajstić information content (AvgIpc) is 1.90. The molecule has 0 amide bonds. The topological polar surface area (TPSA) is 113 Å². The first kappa shape index (κ1) is 29.3. The number of rotatable bonds is 6. The summed E-state index contributed by atoms with van der Waals surface area (Å²) < 4.78 is 15.2. The van der Waals surface area contributed by atoms with E-state index in [-0.39, 0.29) is 33.8 Å². The van der Waals surface area contributed by atoms with E-state index in [0.717, 1.165) is 0 Å². The van der Waals surface area contributed by atoms with E-state index in [1.807, 2.05) is 20.8 Å². The molecule has 0 saturated heterocycles. The maximum atomic E-state index is 5.08. The van der Waals surface area contributed by atoms with Crippen LogP contribution in [0.15, 0.2) is 0 Å². The predicted octanol–water partition coefficient (Wildman–Crippen LogP) is 0.722. The first-order valence-electron chi connectivity index (χ1n) is 3.69. The van der Waals surface area contributed by atoms with Gasteiger partial charge in [0.2, 0.25) is 0 Å². The monoisotopic (exact) mass is 246 g/mol. The van der Waals surface area contributed by atoms with E-state index in [9.17, 15) is 0 Å². The zero-order chi connectivity index (χ0) is 7.82. The van der Waals surface area contributed by atoms with E-state index in [4.69, 9.17) is 14.0 Å². The molecular weight excluding hydrogens is 231 g/mol. The Hall–Kier alpha value is 0.357. The smallest absolute Gasteiger partial charge is 2.00 e. The molecule has 0 N–H and O–H groups in total. The van der Waals surface area contributed by atoms with Crippen molar-refractivity contribution in [1.82, 2.24) is 0 Å². The molecule has 0 aromatic heterocycles. The molecule has 0 rings (SSSR count). The van der Waals surface area contributed by atoms with Crippen molar-refractivity contribution in [2.24, 2.45) is 0 Å². The molecule has 0 aliphatic rings. The molecule has 0 bridgehead atoms. The Morgan fingerprint density at radius 2 is 0.929 bits per heavy atom. The van der Waals surface area contributed by atoms with Crippen molar-refractivity contribution < 1.29 is 47.8 Å². The van der Waals surface area contributed by atoms with Crippen LogP contribution in [0.1, 0.15) is 20.8 Å². The van der Waals surface area contributed by atoms with Crippen molar-refractivity contribution in [1.29, 1.82) is 0 Å². The van der Waals surface area contributed by atoms with E-state index >= 15 is 0 Å². The van der Waals surface area contributed by atoms with E-state index in [2.05, 4.69) is 0 Å². The summed E-state index contributed by atoms with van der Waals surface area (Å²) in [5.74, 6) is 0. The maximum absolute atomic E-state index is 5.08. The summed E-state index contributed by atoms with van der Waals surface area (Å²) in [6.07, 6.45) is 0. The molecular formula is C6H15BCrO6. The van der Waals surface area contributed by atoms with Crippen molar-refractivity contribution in [3.8, 4) is 0 Å². The molecule has 0 unspecified atom stereocenters. The van der Waals surface area contributed by atoms with Crippen LogP contribution in [0, 0.1) is 0 Å². The van der Waals surface area contributed by atoms with Gasteiger partial charge in [-0.1, -0.05) is 0 Å². The summed E-state index contributed by atoms with van der Waals surface area (Å²) in [5.41, 5.74) is 0. The van der Waals surface area contributed by atoms with E-state index < -0.39 is 7.32 Å². The van der Waals surface area contributed by atoms with Gasteiger partial charge in [0, 0.05) is 19.8 Å². The molecule has 0 saturated carbocycles. The van der Waals surface area contributed by atoms with E-state index in [0.29, 0.717) is 19.8 Å². The zero-order valence-corrected chi connectivity index (χ0v) is 9.83. The normalized spacial score (nSPS) is 7.07. The minimum absolute atomic E-state index is 0. The molecule has 0 aliphatic heterocycles. The van der Waals surface area contributed by atoms with Crippen LogP contribution in [-0.4, -0.2) is 27.1 Å². The number of hydrogen-bond donors (Lipinski definition) is 0. The zero-order valence-electron chi connectivity index (χ0n) is 8.56. The molecule has 0 heterocycles. The van der Waals surface area contributed by atoms with Crippen LogP contribution in [0.4, 0.5) is 0 Å². The van der Waals surface area contributed by atoms with Crippen molar-refractivity contribution in [2.45, 2.75) is 20.8 Å². The molecule has 0 atom stereocenters. The second-order valence-corrected chi connectivity index (χ2v) is 1.65. The molecule has 14 heavy (non-hydrogen) atoms. The van der Waals surface area contributed by atoms with Gasteiger partial charge in [0.1, 0.15) is 0 Å². The van der Waals surface area contributed by atoms with Crippen LogP contribution in [0.25, 0.3) is 0 Å². The molecule has 0 radical (unpaired) electrons. The largest absolute Gasteiger partial charge is 6.00 e. The quantitative estimate of drug-likeness (QED) is 0.643. The minimum Gasteiger partial charge on any atom is -2.00 e. The molecule has 0 fully saturated rings. The van der Waals surface area contributed by atoms with E-state index in [1.54, 1.807) is 0 Å². The van der Waals surface area contributed by atoms with E-state index in [1.165, 1.54) is 0 Å². The Morgan fingerprint density at radius 3 is 1.07 bits per heavy atom. The average molecular weight is 246 g/mol. The van der Waals surface area contributed by atoms with Gasteiger partial charge in [0.25, 0.3) is 0 Å².